The molecule has 0 rings (SSSR count). The van der Waals surface area contributed by atoms with Crippen LogP contribution in [0.4, 0.5) is 0 Å². The Morgan fingerprint density at radius 1 is 0.278 bits per heavy atom. The van der Waals surface area contributed by atoms with Crippen LogP contribution in [0.3, 0.4) is 0 Å². The van der Waals surface area contributed by atoms with Gasteiger partial charge in [0.15, 0.2) is 6.10 Å². The Hall–Kier alpha value is -2.63. The minimum atomic E-state index is -0.778. The molecule has 0 fully saturated rings. The van der Waals surface area contributed by atoms with Crippen LogP contribution in [0.1, 0.15) is 335 Å². The molecule has 0 aromatic heterocycles. The van der Waals surface area contributed by atoms with Crippen LogP contribution in [0.15, 0.2) is 48.6 Å². The molecule has 6 heteroatoms. The predicted octanol–water partition coefficient (Wildman–Crippen LogP) is 21.4. The van der Waals surface area contributed by atoms with Crippen molar-refractivity contribution in [2.75, 3.05) is 13.2 Å². The van der Waals surface area contributed by atoms with Gasteiger partial charge in [0.1, 0.15) is 13.2 Å². The molecule has 0 saturated heterocycles. The third kappa shape index (κ3) is 58.3. The van der Waals surface area contributed by atoms with Gasteiger partial charge in [-0.3, -0.25) is 14.4 Å². The van der Waals surface area contributed by atoms with Gasteiger partial charge in [0.25, 0.3) is 0 Å². The molecule has 0 saturated carbocycles. The van der Waals surface area contributed by atoms with Gasteiger partial charge in [0.2, 0.25) is 0 Å². The van der Waals surface area contributed by atoms with Crippen molar-refractivity contribution in [1.29, 1.82) is 0 Å². The molecular formula is C66H120O6. The Morgan fingerprint density at radius 3 is 0.833 bits per heavy atom. The normalized spacial score (nSPS) is 12.3. The van der Waals surface area contributed by atoms with Crippen molar-refractivity contribution in [3.8, 4) is 0 Å². The van der Waals surface area contributed by atoms with Gasteiger partial charge in [-0.15, -0.1) is 0 Å². The zero-order valence-electron chi connectivity index (χ0n) is 48.2. The molecule has 0 amide bonds. The number of esters is 3. The molecule has 0 aliphatic rings. The summed E-state index contributed by atoms with van der Waals surface area (Å²) >= 11 is 0. The number of ether oxygens (including phenoxy) is 3. The van der Waals surface area contributed by atoms with Gasteiger partial charge in [-0.2, -0.15) is 0 Å². The predicted molar refractivity (Wildman–Crippen MR) is 312 cm³/mol. The second kappa shape index (κ2) is 60.9. The fourth-order valence-electron chi connectivity index (χ4n) is 9.26. The van der Waals surface area contributed by atoms with Crippen molar-refractivity contribution < 1.29 is 28.6 Å². The lowest BCUT2D eigenvalue weighted by Gasteiger charge is -2.18. The minimum absolute atomic E-state index is 0.0765. The van der Waals surface area contributed by atoms with Gasteiger partial charge in [0.05, 0.1) is 0 Å². The molecule has 420 valence electrons. The standard InChI is InChI=1S/C66H120O6/c1-4-7-10-13-16-19-22-24-26-28-30-32-33-34-36-37-39-41-44-47-50-53-56-59-65(68)71-62-63(61-70-64(67)58-55-52-49-46-43-21-18-15-12-9-6-3)72-66(69)60-57-54-51-48-45-42-40-38-35-31-29-27-25-23-20-17-14-11-8-5-2/h15,18,22,24,28,30,33-34,63H,4-14,16-17,19-21,23,25-27,29,31-32,35-62H2,1-3H3/b18-15-,24-22-,30-28-,34-33-. The number of hydrogen-bond donors (Lipinski definition) is 0. The Bertz CT molecular complexity index is 1250. The van der Waals surface area contributed by atoms with Crippen molar-refractivity contribution in [2.24, 2.45) is 0 Å². The Balaban J connectivity index is 4.27. The quantitative estimate of drug-likeness (QED) is 0.0261. The van der Waals surface area contributed by atoms with Crippen molar-refractivity contribution in [3.05, 3.63) is 48.6 Å². The summed E-state index contributed by atoms with van der Waals surface area (Å²) in [5.74, 6) is -0.874. The number of hydrogen-bond acceptors (Lipinski definition) is 6. The first-order valence-corrected chi connectivity index (χ1v) is 31.6. The summed E-state index contributed by atoms with van der Waals surface area (Å²) in [6.07, 6.45) is 75.5. The lowest BCUT2D eigenvalue weighted by Crippen LogP contribution is -2.30. The van der Waals surface area contributed by atoms with Gasteiger partial charge in [-0.25, -0.2) is 0 Å². The second-order valence-electron chi connectivity index (χ2n) is 21.3. The molecule has 0 heterocycles. The van der Waals surface area contributed by atoms with E-state index in [1.165, 1.54) is 212 Å². The smallest absolute Gasteiger partial charge is 0.306 e. The minimum Gasteiger partial charge on any atom is -0.462 e. The maximum absolute atomic E-state index is 12.9. The highest BCUT2D eigenvalue weighted by molar-refractivity contribution is 5.71. The third-order valence-electron chi connectivity index (χ3n) is 14.1. The fraction of sp³-hybridized carbons (Fsp3) is 0.833. The van der Waals surface area contributed by atoms with E-state index in [9.17, 15) is 14.4 Å². The number of carbonyl (C=O) groups is 3. The Labute approximate surface area is 448 Å². The summed E-state index contributed by atoms with van der Waals surface area (Å²) in [6.45, 7) is 6.63. The first-order valence-electron chi connectivity index (χ1n) is 31.6. The summed E-state index contributed by atoms with van der Waals surface area (Å²) in [5, 5.41) is 0. The first-order chi connectivity index (χ1) is 35.5. The summed E-state index contributed by atoms with van der Waals surface area (Å²) < 4.78 is 16.9. The highest BCUT2D eigenvalue weighted by atomic mass is 16.6. The van der Waals surface area contributed by atoms with Gasteiger partial charge >= 0.3 is 17.9 Å². The summed E-state index contributed by atoms with van der Waals surface area (Å²) in [5.41, 5.74) is 0. The van der Waals surface area contributed by atoms with Crippen molar-refractivity contribution in [2.45, 2.75) is 341 Å². The van der Waals surface area contributed by atoms with Crippen LogP contribution in [0.25, 0.3) is 0 Å². The van der Waals surface area contributed by atoms with E-state index in [-0.39, 0.29) is 31.1 Å². The van der Waals surface area contributed by atoms with Gasteiger partial charge in [0, 0.05) is 19.3 Å². The molecule has 0 N–H and O–H groups in total. The average molecular weight is 1010 g/mol. The topological polar surface area (TPSA) is 78.9 Å². The zero-order chi connectivity index (χ0) is 52.2. The number of allylic oxidation sites excluding steroid dienone is 8. The zero-order valence-corrected chi connectivity index (χ0v) is 48.2. The monoisotopic (exact) mass is 1010 g/mol. The first kappa shape index (κ1) is 69.4. The molecule has 0 bridgehead atoms. The number of unbranched alkanes of at least 4 members (excludes halogenated alkanes) is 39. The molecule has 0 spiro atoms. The number of rotatable bonds is 58. The SMILES string of the molecule is CCCC/C=C\CCCCCCCC(=O)OCC(COC(=O)CCCCCCCCCC/C=C\C/C=C\C/C=C\CCCCCCC)OC(=O)CCCCCCCCCCCCCCCCCCCCCC. The van der Waals surface area contributed by atoms with E-state index in [4.69, 9.17) is 14.2 Å². The fourth-order valence-corrected chi connectivity index (χ4v) is 9.26. The molecule has 0 aromatic rings. The average Bonchev–Trinajstić information content (AvgIpc) is 3.38. The van der Waals surface area contributed by atoms with Crippen molar-refractivity contribution in [3.63, 3.8) is 0 Å². The number of carbonyl (C=O) groups excluding carboxylic acids is 3. The van der Waals surface area contributed by atoms with E-state index in [2.05, 4.69) is 69.4 Å². The van der Waals surface area contributed by atoms with Crippen LogP contribution in [0.2, 0.25) is 0 Å². The van der Waals surface area contributed by atoms with Crippen LogP contribution >= 0.6 is 0 Å². The highest BCUT2D eigenvalue weighted by Crippen LogP contribution is 2.17. The maximum atomic E-state index is 12.9. The lowest BCUT2D eigenvalue weighted by atomic mass is 10.0. The Morgan fingerprint density at radius 2 is 0.514 bits per heavy atom. The van der Waals surface area contributed by atoms with Crippen LogP contribution in [0.5, 0.6) is 0 Å². The lowest BCUT2D eigenvalue weighted by molar-refractivity contribution is -0.167. The molecule has 0 aromatic carbocycles. The molecule has 0 radical (unpaired) electrons. The van der Waals surface area contributed by atoms with Crippen LogP contribution in [-0.2, 0) is 28.6 Å². The van der Waals surface area contributed by atoms with Gasteiger partial charge in [-0.1, -0.05) is 288 Å². The second-order valence-corrected chi connectivity index (χ2v) is 21.3. The van der Waals surface area contributed by atoms with E-state index in [1.807, 2.05) is 0 Å². The van der Waals surface area contributed by atoms with Crippen LogP contribution in [0, 0.1) is 0 Å². The highest BCUT2D eigenvalue weighted by Gasteiger charge is 2.19. The molecule has 0 aliphatic carbocycles. The Kier molecular flexibility index (Phi) is 58.7. The summed E-state index contributed by atoms with van der Waals surface area (Å²) in [4.78, 5) is 38.2. The third-order valence-corrected chi connectivity index (χ3v) is 14.1. The van der Waals surface area contributed by atoms with Crippen LogP contribution < -0.4 is 0 Å². The van der Waals surface area contributed by atoms with Crippen LogP contribution in [-0.4, -0.2) is 37.2 Å². The molecular weight excluding hydrogens is 889 g/mol. The van der Waals surface area contributed by atoms with E-state index in [0.29, 0.717) is 19.3 Å². The molecule has 1 unspecified atom stereocenters. The van der Waals surface area contributed by atoms with Crippen molar-refractivity contribution >= 4 is 17.9 Å². The van der Waals surface area contributed by atoms with E-state index in [0.717, 1.165) is 83.5 Å². The van der Waals surface area contributed by atoms with E-state index < -0.39 is 6.10 Å². The van der Waals surface area contributed by atoms with Crippen molar-refractivity contribution in [1.82, 2.24) is 0 Å². The van der Waals surface area contributed by atoms with Gasteiger partial charge < -0.3 is 14.2 Å². The molecule has 1 atom stereocenters. The molecule has 0 aliphatic heterocycles. The molecule has 6 nitrogen and oxygen atoms in total. The van der Waals surface area contributed by atoms with E-state index >= 15 is 0 Å². The van der Waals surface area contributed by atoms with Gasteiger partial charge in [-0.05, 0) is 77.0 Å². The largest absolute Gasteiger partial charge is 0.462 e. The maximum Gasteiger partial charge on any atom is 0.306 e. The van der Waals surface area contributed by atoms with E-state index in [1.54, 1.807) is 0 Å². The summed E-state index contributed by atoms with van der Waals surface area (Å²) in [7, 11) is 0. The summed E-state index contributed by atoms with van der Waals surface area (Å²) in [6, 6.07) is 0. The molecule has 72 heavy (non-hydrogen) atoms.